The van der Waals surface area contributed by atoms with Crippen LogP contribution in [-0.2, 0) is 28.6 Å². The van der Waals surface area contributed by atoms with E-state index in [0.29, 0.717) is 61.9 Å². The summed E-state index contributed by atoms with van der Waals surface area (Å²) in [6.07, 6.45) is 0. The molecule has 0 amide bonds. The van der Waals surface area contributed by atoms with Crippen LogP contribution in [0, 0.1) is 13.8 Å². The molecule has 16 heteroatoms. The Bertz CT molecular complexity index is 3560. The van der Waals surface area contributed by atoms with Crippen LogP contribution >= 0.6 is 0 Å². The molecule has 14 nitrogen and oxygen atoms in total. The lowest BCUT2D eigenvalue weighted by Gasteiger charge is -2.13. The van der Waals surface area contributed by atoms with Crippen LogP contribution < -0.4 is 18.9 Å². The summed E-state index contributed by atoms with van der Waals surface area (Å²) in [4.78, 5) is 50.7. The fraction of sp³-hybridized carbons (Fsp3) is 0.103. The molecule has 8 aromatic rings. The standard InChI is InChI=1S/C30H26O10S2.C28H22O4/c1-19-5-6-22(17-27(19)41(33,34)38-3)30(32)23-11-16-26(28(18-23)42(35,36)39-4)40-25-14-9-21(10-15-25)29(31)20-7-12-24(37-2)13-8-20;1-19-3-5-20(6-4-19)27(29)22-9-15-25(16-10-22)32-26-17-11-23(12-18-26)28(30)21-7-13-24(31-2)14-8-21/h5-18H,1-4H3;3-18H,1-2H3. The Morgan fingerprint density at radius 3 is 0.973 bits per heavy atom. The van der Waals surface area contributed by atoms with Crippen molar-refractivity contribution >= 4 is 43.4 Å². The number of carbonyl (C=O) groups excluding carboxylic acids is 4. The zero-order valence-electron chi connectivity index (χ0n) is 40.9. The molecule has 0 fully saturated rings. The van der Waals surface area contributed by atoms with Crippen molar-refractivity contribution in [2.75, 3.05) is 28.4 Å². The third-order valence-corrected chi connectivity index (χ3v) is 14.2. The fourth-order valence-electron chi connectivity index (χ4n) is 7.26. The van der Waals surface area contributed by atoms with E-state index in [2.05, 4.69) is 8.37 Å². The number of hydrogen-bond acceptors (Lipinski definition) is 14. The predicted molar refractivity (Wildman–Crippen MR) is 276 cm³/mol. The number of ketones is 4. The molecule has 8 rings (SSSR count). The molecule has 0 N–H and O–H groups in total. The minimum Gasteiger partial charge on any atom is -0.497 e. The van der Waals surface area contributed by atoms with Gasteiger partial charge in [0, 0.05) is 44.5 Å². The first-order chi connectivity index (χ1) is 35.4. The van der Waals surface area contributed by atoms with Gasteiger partial charge in [-0.15, -0.1) is 0 Å². The number of ether oxygens (including phenoxy) is 4. The van der Waals surface area contributed by atoms with Crippen molar-refractivity contribution < 1.29 is 63.3 Å². The van der Waals surface area contributed by atoms with Gasteiger partial charge in [0.25, 0.3) is 20.2 Å². The molecule has 0 bridgehead atoms. The summed E-state index contributed by atoms with van der Waals surface area (Å²) in [5.41, 5.74) is 4.69. The van der Waals surface area contributed by atoms with E-state index < -0.39 is 30.9 Å². The second kappa shape index (κ2) is 23.3. The summed E-state index contributed by atoms with van der Waals surface area (Å²) in [6, 6.07) is 49.0. The number of benzene rings is 8. The largest absolute Gasteiger partial charge is 0.497 e. The van der Waals surface area contributed by atoms with E-state index in [1.54, 1.807) is 111 Å². The SMILES string of the molecule is COc1ccc(C(=O)c2ccc(Oc3ccc(C(=O)c4ccc(C)c(S(=O)(=O)OC)c4)cc3S(=O)(=O)OC)cc2)cc1.COc1ccc(C(=O)c2ccc(Oc3ccc(C(=O)c4ccc(C)cc4)cc3)cc2)cc1. The average Bonchev–Trinajstić information content (AvgIpc) is 3.43. The normalized spacial score (nSPS) is 11.1. The van der Waals surface area contributed by atoms with Crippen molar-refractivity contribution in [3.63, 3.8) is 0 Å². The Balaban J connectivity index is 0.000000224. The first-order valence-electron chi connectivity index (χ1n) is 22.5. The Morgan fingerprint density at radius 2 is 0.608 bits per heavy atom. The van der Waals surface area contributed by atoms with Crippen molar-refractivity contribution in [3.05, 3.63) is 238 Å². The maximum Gasteiger partial charge on any atom is 0.300 e. The van der Waals surface area contributed by atoms with E-state index in [-0.39, 0.29) is 44.9 Å². The predicted octanol–water partition coefficient (Wildman–Crippen LogP) is 11.2. The maximum atomic E-state index is 13.3. The molecule has 0 aliphatic heterocycles. The molecular formula is C58H48O14S2. The van der Waals surface area contributed by atoms with Gasteiger partial charge in [-0.05, 0) is 165 Å². The monoisotopic (exact) mass is 1030 g/mol. The summed E-state index contributed by atoms with van der Waals surface area (Å²) >= 11 is 0. The van der Waals surface area contributed by atoms with Crippen LogP contribution in [0.3, 0.4) is 0 Å². The molecule has 0 heterocycles. The average molecular weight is 1030 g/mol. The summed E-state index contributed by atoms with van der Waals surface area (Å²) in [6.45, 7) is 3.54. The van der Waals surface area contributed by atoms with Crippen molar-refractivity contribution in [2.24, 2.45) is 0 Å². The zero-order chi connectivity index (χ0) is 53.2. The second-order valence-electron chi connectivity index (χ2n) is 16.3. The number of hydrogen-bond donors (Lipinski definition) is 0. The van der Waals surface area contributed by atoms with Gasteiger partial charge in [0.05, 0.1) is 33.3 Å². The molecule has 0 radical (unpaired) electrons. The topological polar surface area (TPSA) is 192 Å². The highest BCUT2D eigenvalue weighted by Crippen LogP contribution is 2.33. The second-order valence-corrected chi connectivity index (χ2v) is 19.7. The number of aryl methyl sites for hydroxylation is 2. The van der Waals surface area contributed by atoms with Gasteiger partial charge in [0.2, 0.25) is 0 Å². The third kappa shape index (κ3) is 12.7. The quantitative estimate of drug-likeness (QED) is 0.0582. The zero-order valence-corrected chi connectivity index (χ0v) is 42.5. The van der Waals surface area contributed by atoms with Crippen LogP contribution in [0.15, 0.2) is 192 Å². The summed E-state index contributed by atoms with van der Waals surface area (Å²) in [5.74, 6) is 1.67. The Labute approximate surface area is 428 Å². The highest BCUT2D eigenvalue weighted by Gasteiger charge is 2.25. The lowest BCUT2D eigenvalue weighted by molar-refractivity contribution is 0.103. The smallest absolute Gasteiger partial charge is 0.300 e. The first-order valence-corrected chi connectivity index (χ1v) is 25.3. The summed E-state index contributed by atoms with van der Waals surface area (Å²) < 4.78 is 81.2. The third-order valence-electron chi connectivity index (χ3n) is 11.5. The van der Waals surface area contributed by atoms with Crippen LogP contribution in [0.1, 0.15) is 74.8 Å². The lowest BCUT2D eigenvalue weighted by atomic mass is 10.0. The molecule has 0 aliphatic carbocycles. The molecule has 0 aromatic heterocycles. The van der Waals surface area contributed by atoms with Crippen molar-refractivity contribution in [1.82, 2.24) is 0 Å². The van der Waals surface area contributed by atoms with E-state index in [0.717, 1.165) is 25.8 Å². The van der Waals surface area contributed by atoms with Gasteiger partial charge in [-0.2, -0.15) is 16.8 Å². The molecule has 74 heavy (non-hydrogen) atoms. The molecule has 0 spiro atoms. The Hall–Kier alpha value is -8.54. The molecule has 8 aromatic carbocycles. The molecule has 0 unspecified atom stereocenters. The van der Waals surface area contributed by atoms with Crippen LogP contribution in [0.2, 0.25) is 0 Å². The van der Waals surface area contributed by atoms with Gasteiger partial charge in [-0.25, -0.2) is 0 Å². The highest BCUT2D eigenvalue weighted by atomic mass is 32.2. The molecular weight excluding hydrogens is 985 g/mol. The number of carbonyl (C=O) groups is 4. The number of methoxy groups -OCH3 is 2. The van der Waals surface area contributed by atoms with E-state index >= 15 is 0 Å². The van der Waals surface area contributed by atoms with Crippen LogP contribution in [0.25, 0.3) is 0 Å². The Morgan fingerprint density at radius 1 is 0.324 bits per heavy atom. The summed E-state index contributed by atoms with van der Waals surface area (Å²) in [5, 5.41) is 0. The number of rotatable bonds is 18. The molecule has 0 atom stereocenters. The van der Waals surface area contributed by atoms with Gasteiger partial charge in [0.15, 0.2) is 23.1 Å². The van der Waals surface area contributed by atoms with Crippen molar-refractivity contribution in [2.45, 2.75) is 23.6 Å². The van der Waals surface area contributed by atoms with E-state index in [1.165, 1.54) is 61.7 Å². The lowest BCUT2D eigenvalue weighted by Crippen LogP contribution is -2.10. The molecule has 376 valence electrons. The van der Waals surface area contributed by atoms with E-state index in [9.17, 15) is 36.0 Å². The van der Waals surface area contributed by atoms with E-state index in [1.807, 2.05) is 31.2 Å². The van der Waals surface area contributed by atoms with Crippen molar-refractivity contribution in [3.8, 4) is 34.5 Å². The first kappa shape index (κ1) is 53.3. The molecule has 0 saturated carbocycles. The highest BCUT2D eigenvalue weighted by molar-refractivity contribution is 7.87. The van der Waals surface area contributed by atoms with Gasteiger partial charge < -0.3 is 18.9 Å². The van der Waals surface area contributed by atoms with E-state index in [4.69, 9.17) is 18.9 Å². The minimum absolute atomic E-state index is 0.00257. The van der Waals surface area contributed by atoms with Gasteiger partial charge >= 0.3 is 0 Å². The Kier molecular flexibility index (Phi) is 16.8. The minimum atomic E-state index is -4.35. The van der Waals surface area contributed by atoms with Crippen LogP contribution in [-0.4, -0.2) is 68.4 Å². The molecule has 0 saturated heterocycles. The van der Waals surface area contributed by atoms with Crippen LogP contribution in [0.4, 0.5) is 0 Å². The fourth-order valence-corrected chi connectivity index (χ4v) is 8.98. The van der Waals surface area contributed by atoms with Gasteiger partial charge in [-0.1, -0.05) is 42.0 Å². The molecule has 0 aliphatic rings. The summed E-state index contributed by atoms with van der Waals surface area (Å²) in [7, 11) is -3.34. The van der Waals surface area contributed by atoms with Crippen LogP contribution in [0.5, 0.6) is 34.5 Å². The maximum absolute atomic E-state index is 13.3. The van der Waals surface area contributed by atoms with Gasteiger partial charge in [-0.3, -0.25) is 27.5 Å². The van der Waals surface area contributed by atoms with Crippen molar-refractivity contribution in [1.29, 1.82) is 0 Å². The van der Waals surface area contributed by atoms with Gasteiger partial charge in [0.1, 0.15) is 39.4 Å².